The number of aromatic nitrogens is 1. The van der Waals surface area contributed by atoms with Crippen molar-refractivity contribution in [3.63, 3.8) is 0 Å². The predicted octanol–water partition coefficient (Wildman–Crippen LogP) is -1.87. The minimum atomic E-state index is -4.94. The summed E-state index contributed by atoms with van der Waals surface area (Å²) in [6, 6.07) is 8.21. The number of halogens is 1. The first-order valence-electron chi connectivity index (χ1n) is 9.17. The number of hydrogen-bond donors (Lipinski definition) is 1. The number of carbonyl (C=O) groups is 1. The molecule has 8 nitrogen and oxygen atoms in total. The van der Waals surface area contributed by atoms with Crippen LogP contribution in [0.4, 0.5) is 0 Å². The summed E-state index contributed by atoms with van der Waals surface area (Å²) in [6.45, 7) is 3.19. The zero-order chi connectivity index (χ0) is 20.5. The highest BCUT2D eigenvalue weighted by Crippen LogP contribution is 2.34. The largest absolute Gasteiger partial charge is 0.464 e. The van der Waals surface area contributed by atoms with E-state index in [0.29, 0.717) is 5.92 Å². The number of benzene rings is 1. The maximum Gasteiger partial charge on any atom is 0.375 e. The molecule has 2 aromatic rings. The van der Waals surface area contributed by atoms with E-state index >= 15 is 0 Å². The number of hydrogen-bond acceptors (Lipinski definition) is 6. The number of nitrogens with zero attached hydrogens (tertiary/aromatic N) is 1. The van der Waals surface area contributed by atoms with Crippen molar-refractivity contribution in [2.24, 2.45) is 5.92 Å². The van der Waals surface area contributed by atoms with Crippen LogP contribution in [0.25, 0.3) is 10.9 Å². The van der Waals surface area contributed by atoms with Crippen LogP contribution < -0.4 is 18.6 Å². The van der Waals surface area contributed by atoms with Crippen molar-refractivity contribution in [3.8, 4) is 0 Å². The number of methoxy groups -OCH3 is 1. The number of fused-ring (bicyclic) bond motifs is 4. The van der Waals surface area contributed by atoms with Gasteiger partial charge in [-0.25, -0.2) is 28.0 Å². The van der Waals surface area contributed by atoms with Crippen LogP contribution in [-0.2, 0) is 16.0 Å². The number of rotatable bonds is 2. The van der Waals surface area contributed by atoms with E-state index in [1.54, 1.807) is 0 Å². The Morgan fingerprint density at radius 1 is 1.29 bits per heavy atom. The molecule has 0 aliphatic carbocycles. The minimum absolute atomic E-state index is 0.116. The lowest BCUT2D eigenvalue weighted by Crippen LogP contribution is -2.68. The van der Waals surface area contributed by atoms with Crippen LogP contribution in [-0.4, -0.2) is 40.9 Å². The Hall–Kier alpha value is -1.97. The SMILES string of the molecule is CCC1CCC[N+]2=C1c1[nH]c3ccccc3c1C[C@@H]2C(=O)OC.[O-][Cl+3]([O-])([O-])[O-]. The molecule has 1 N–H and O–H groups in total. The molecule has 2 aliphatic heterocycles. The van der Waals surface area contributed by atoms with Gasteiger partial charge in [0.1, 0.15) is 12.2 Å². The van der Waals surface area contributed by atoms with Crippen molar-refractivity contribution in [1.82, 2.24) is 4.98 Å². The molecule has 0 spiro atoms. The molecule has 0 saturated heterocycles. The van der Waals surface area contributed by atoms with Gasteiger partial charge < -0.3 is 9.72 Å². The number of esters is 1. The molecule has 0 radical (unpaired) electrons. The average molecular weight is 411 g/mol. The number of H-pyrrole nitrogens is 1. The maximum atomic E-state index is 12.4. The standard InChI is InChI=1S/C19H22N2O2.ClHO4/c1-3-12-7-6-10-21-16(19(22)23-2)11-14-13-8-4-5-9-15(13)20-17(14)18(12)21;2-1(3,4)5/h4-5,8-9,12,16H,3,6-7,10-11H2,1-2H3;(H,2,3,4,5)/t12?,16-;/m1./s1. The molecule has 9 heteroatoms. The van der Waals surface area contributed by atoms with Gasteiger partial charge in [0.15, 0.2) is 0 Å². The second kappa shape index (κ2) is 8.18. The molecule has 0 fully saturated rings. The van der Waals surface area contributed by atoms with E-state index in [4.69, 9.17) is 23.4 Å². The van der Waals surface area contributed by atoms with E-state index in [-0.39, 0.29) is 12.0 Å². The normalized spacial score (nSPS) is 21.5. The Morgan fingerprint density at radius 3 is 2.61 bits per heavy atom. The zero-order valence-corrected chi connectivity index (χ0v) is 16.5. The van der Waals surface area contributed by atoms with Gasteiger partial charge in [-0.2, -0.15) is 0 Å². The molecule has 1 aromatic carbocycles. The van der Waals surface area contributed by atoms with E-state index in [1.807, 2.05) is 0 Å². The van der Waals surface area contributed by atoms with Crippen LogP contribution in [0.2, 0.25) is 0 Å². The zero-order valence-electron chi connectivity index (χ0n) is 15.8. The lowest BCUT2D eigenvalue weighted by Gasteiger charge is -2.29. The molecule has 3 heterocycles. The first kappa shape index (κ1) is 20.8. The van der Waals surface area contributed by atoms with Gasteiger partial charge >= 0.3 is 5.97 Å². The Kier molecular flexibility index (Phi) is 6.07. The van der Waals surface area contributed by atoms with E-state index < -0.39 is 10.2 Å². The lowest BCUT2D eigenvalue weighted by molar-refractivity contribution is -2.00. The number of aromatic amines is 1. The first-order chi connectivity index (χ1) is 13.2. The van der Waals surface area contributed by atoms with Crippen LogP contribution in [0.5, 0.6) is 0 Å². The Labute approximate surface area is 164 Å². The summed E-state index contributed by atoms with van der Waals surface area (Å²) in [5.41, 5.74) is 5.02. The van der Waals surface area contributed by atoms with Crippen LogP contribution in [0, 0.1) is 16.2 Å². The topological polar surface area (TPSA) is 137 Å². The Balaban J connectivity index is 0.000000403. The molecule has 2 aliphatic rings. The van der Waals surface area contributed by atoms with Gasteiger partial charge in [0.25, 0.3) is 6.04 Å². The minimum Gasteiger partial charge on any atom is -0.464 e. The fraction of sp³-hybridized carbons (Fsp3) is 0.474. The second-order valence-electron chi connectivity index (χ2n) is 6.97. The summed E-state index contributed by atoms with van der Waals surface area (Å²) in [5.74, 6) is 0.401. The van der Waals surface area contributed by atoms with E-state index in [1.165, 1.54) is 35.9 Å². The van der Waals surface area contributed by atoms with Crippen molar-refractivity contribution < 1.29 is 43.0 Å². The van der Waals surface area contributed by atoms with Gasteiger partial charge in [0, 0.05) is 29.7 Å². The molecular formula is C19H23ClN2O6. The van der Waals surface area contributed by atoms with Crippen molar-refractivity contribution in [1.29, 1.82) is 0 Å². The third kappa shape index (κ3) is 4.21. The van der Waals surface area contributed by atoms with Crippen molar-refractivity contribution >= 4 is 22.6 Å². The van der Waals surface area contributed by atoms with Gasteiger partial charge in [0.05, 0.1) is 7.11 Å². The summed E-state index contributed by atoms with van der Waals surface area (Å²) >= 11 is 0. The summed E-state index contributed by atoms with van der Waals surface area (Å²) in [5, 5.41) is 1.24. The van der Waals surface area contributed by atoms with Crippen LogP contribution >= 0.6 is 0 Å². The van der Waals surface area contributed by atoms with Gasteiger partial charge in [-0.15, -0.1) is 10.2 Å². The monoisotopic (exact) mass is 410 g/mol. The summed E-state index contributed by atoms with van der Waals surface area (Å²) in [6.07, 6.45) is 4.18. The molecule has 0 bridgehead atoms. The number of ether oxygens (including phenoxy) is 1. The third-order valence-electron chi connectivity index (χ3n) is 5.46. The van der Waals surface area contributed by atoms with Crippen molar-refractivity contribution in [2.45, 2.75) is 38.6 Å². The number of nitrogens with one attached hydrogen (secondary N) is 1. The molecule has 0 saturated carbocycles. The van der Waals surface area contributed by atoms with Crippen molar-refractivity contribution in [3.05, 3.63) is 35.5 Å². The quantitative estimate of drug-likeness (QED) is 0.455. The van der Waals surface area contributed by atoms with Crippen molar-refractivity contribution in [2.75, 3.05) is 13.7 Å². The van der Waals surface area contributed by atoms with Gasteiger partial charge in [-0.05, 0) is 24.5 Å². The maximum absolute atomic E-state index is 12.4. The molecule has 4 rings (SSSR count). The fourth-order valence-electron chi connectivity index (χ4n) is 4.35. The predicted molar refractivity (Wildman–Crippen MR) is 90.1 cm³/mol. The number of carbonyl (C=O) groups excluding carboxylic acids is 1. The smallest absolute Gasteiger partial charge is 0.375 e. The van der Waals surface area contributed by atoms with Crippen LogP contribution in [0.3, 0.4) is 0 Å². The molecule has 0 amide bonds. The second-order valence-corrected chi connectivity index (χ2v) is 7.73. The molecule has 2 atom stereocenters. The Bertz CT molecular complexity index is 895. The third-order valence-corrected chi connectivity index (χ3v) is 5.46. The van der Waals surface area contributed by atoms with E-state index in [0.717, 1.165) is 31.3 Å². The molecule has 1 aromatic heterocycles. The lowest BCUT2D eigenvalue weighted by atomic mass is 9.83. The average Bonchev–Trinajstić information content (AvgIpc) is 3.03. The molecular weight excluding hydrogens is 388 g/mol. The van der Waals surface area contributed by atoms with E-state index in [9.17, 15) is 4.79 Å². The highest BCUT2D eigenvalue weighted by molar-refractivity contribution is 6.05. The summed E-state index contributed by atoms with van der Waals surface area (Å²) in [4.78, 5) is 16.0. The van der Waals surface area contributed by atoms with Gasteiger partial charge in [-0.3, -0.25) is 0 Å². The highest BCUT2D eigenvalue weighted by Gasteiger charge is 2.45. The highest BCUT2D eigenvalue weighted by atomic mass is 35.7. The molecule has 28 heavy (non-hydrogen) atoms. The molecule has 1 unspecified atom stereocenters. The van der Waals surface area contributed by atoms with Gasteiger partial charge in [-0.1, -0.05) is 25.1 Å². The van der Waals surface area contributed by atoms with Gasteiger partial charge in [0.2, 0.25) is 5.71 Å². The summed E-state index contributed by atoms with van der Waals surface area (Å²) in [7, 11) is -3.45. The van der Waals surface area contributed by atoms with E-state index in [2.05, 4.69) is 40.7 Å². The fourth-order valence-corrected chi connectivity index (χ4v) is 4.35. The number of para-hydroxylation sites is 1. The molecule has 152 valence electrons. The van der Waals surface area contributed by atoms with Crippen LogP contribution in [0.1, 0.15) is 37.4 Å². The van der Waals surface area contributed by atoms with Crippen LogP contribution in [0.15, 0.2) is 24.3 Å². The summed E-state index contributed by atoms with van der Waals surface area (Å²) < 4.78 is 41.4. The first-order valence-corrected chi connectivity index (χ1v) is 10.4. The Morgan fingerprint density at radius 2 is 1.96 bits per heavy atom.